The first kappa shape index (κ1) is 19.2. The van der Waals surface area contributed by atoms with Gasteiger partial charge in [-0.3, -0.25) is 0 Å². The van der Waals surface area contributed by atoms with Gasteiger partial charge in [0.05, 0.1) is 5.69 Å². The van der Waals surface area contributed by atoms with Gasteiger partial charge in [0, 0.05) is 19.6 Å². The van der Waals surface area contributed by atoms with Gasteiger partial charge in [0.2, 0.25) is 6.08 Å². The molecule has 1 aliphatic heterocycles. The molecule has 1 atom stereocenters. The molecule has 2 rings (SSSR count). The maximum absolute atomic E-state index is 12.2. The van der Waals surface area contributed by atoms with Crippen molar-refractivity contribution in [1.29, 1.82) is 0 Å². The van der Waals surface area contributed by atoms with E-state index in [4.69, 9.17) is 4.74 Å². The zero-order valence-electron chi connectivity index (χ0n) is 15.2. The fourth-order valence-corrected chi connectivity index (χ4v) is 2.89. The highest BCUT2D eigenvalue weighted by atomic mass is 16.6. The third-order valence-corrected chi connectivity index (χ3v) is 4.04. The first-order valence-electron chi connectivity index (χ1n) is 8.73. The molecule has 0 aromatic heterocycles. The van der Waals surface area contributed by atoms with Gasteiger partial charge in [-0.05, 0) is 63.8 Å². The highest BCUT2D eigenvalue weighted by molar-refractivity contribution is 5.68. The van der Waals surface area contributed by atoms with E-state index in [1.54, 1.807) is 12.1 Å². The summed E-state index contributed by atoms with van der Waals surface area (Å²) in [6.07, 6.45) is 3.43. The van der Waals surface area contributed by atoms with Gasteiger partial charge >= 0.3 is 6.09 Å². The average molecular weight is 345 g/mol. The lowest BCUT2D eigenvalue weighted by molar-refractivity contribution is 0.0166. The van der Waals surface area contributed by atoms with Crippen molar-refractivity contribution in [2.75, 3.05) is 19.6 Å². The van der Waals surface area contributed by atoms with Gasteiger partial charge in [-0.1, -0.05) is 12.1 Å². The summed E-state index contributed by atoms with van der Waals surface area (Å²) >= 11 is 0. The van der Waals surface area contributed by atoms with Crippen LogP contribution in [-0.4, -0.2) is 42.3 Å². The quantitative estimate of drug-likeness (QED) is 0.656. The molecule has 1 aromatic rings. The number of ether oxygens (including phenoxy) is 1. The minimum atomic E-state index is -0.456. The second-order valence-electron chi connectivity index (χ2n) is 7.44. The third-order valence-electron chi connectivity index (χ3n) is 4.04. The summed E-state index contributed by atoms with van der Waals surface area (Å²) in [5, 5.41) is 3.44. The van der Waals surface area contributed by atoms with E-state index in [9.17, 15) is 9.59 Å². The molecule has 6 nitrogen and oxygen atoms in total. The summed E-state index contributed by atoms with van der Waals surface area (Å²) < 4.78 is 5.46. The van der Waals surface area contributed by atoms with Gasteiger partial charge in [-0.15, -0.1) is 0 Å². The minimum Gasteiger partial charge on any atom is -0.444 e. The topological polar surface area (TPSA) is 71.0 Å². The predicted octanol–water partition coefficient (Wildman–Crippen LogP) is 3.39. The maximum Gasteiger partial charge on any atom is 0.410 e. The fourth-order valence-electron chi connectivity index (χ4n) is 2.89. The number of nitrogens with zero attached hydrogens (tertiary/aromatic N) is 2. The Morgan fingerprint density at radius 3 is 2.72 bits per heavy atom. The summed E-state index contributed by atoms with van der Waals surface area (Å²) in [5.74, 6) is 0.431. The number of amides is 1. The van der Waals surface area contributed by atoms with Crippen molar-refractivity contribution in [1.82, 2.24) is 10.2 Å². The third kappa shape index (κ3) is 6.69. The number of benzene rings is 1. The van der Waals surface area contributed by atoms with Crippen LogP contribution < -0.4 is 5.32 Å². The second-order valence-corrected chi connectivity index (χ2v) is 7.44. The number of rotatable bonds is 5. The number of aliphatic imine (C=N–C) groups is 1. The molecular formula is C19H27N3O3. The lowest BCUT2D eigenvalue weighted by atomic mass is 9.98. The number of carbonyl (C=O) groups is 1. The number of piperidine rings is 1. The molecule has 1 aromatic carbocycles. The number of carbonyl (C=O) groups excluding carboxylic acids is 2. The minimum absolute atomic E-state index is 0.219. The van der Waals surface area contributed by atoms with Crippen LogP contribution in [0.1, 0.15) is 39.2 Å². The Labute approximate surface area is 149 Å². The Morgan fingerprint density at radius 1 is 1.36 bits per heavy atom. The Kier molecular flexibility index (Phi) is 6.73. The van der Waals surface area contributed by atoms with E-state index < -0.39 is 5.60 Å². The normalized spacial score (nSPS) is 17.7. The standard InChI is InChI=1S/C19H27N3O3/c1-19(2,3)25-18(24)22-10-4-5-16(13-22)12-20-11-15-6-8-17(9-7-15)21-14-23/h6-9,16,20H,4-5,10-13H2,1-3H3. The lowest BCUT2D eigenvalue weighted by Crippen LogP contribution is -2.44. The Morgan fingerprint density at radius 2 is 2.08 bits per heavy atom. The highest BCUT2D eigenvalue weighted by Gasteiger charge is 2.27. The van der Waals surface area contributed by atoms with Crippen molar-refractivity contribution < 1.29 is 14.3 Å². The molecule has 1 fully saturated rings. The van der Waals surface area contributed by atoms with Gasteiger partial charge in [0.1, 0.15) is 5.60 Å². The number of isocyanates is 1. The summed E-state index contributed by atoms with van der Waals surface area (Å²) in [6, 6.07) is 7.48. The van der Waals surface area contributed by atoms with Gasteiger partial charge in [0.15, 0.2) is 0 Å². The Hall–Kier alpha value is -2.17. The van der Waals surface area contributed by atoms with Crippen LogP contribution in [0, 0.1) is 5.92 Å². The van der Waals surface area contributed by atoms with Gasteiger partial charge in [-0.2, -0.15) is 4.99 Å². The summed E-state index contributed by atoms with van der Waals surface area (Å²) in [6.45, 7) is 8.76. The first-order valence-corrected chi connectivity index (χ1v) is 8.73. The van der Waals surface area contributed by atoms with Crippen LogP contribution in [0.2, 0.25) is 0 Å². The SMILES string of the molecule is CC(C)(C)OC(=O)N1CCCC(CNCc2ccc(N=C=O)cc2)C1. The van der Waals surface area contributed by atoms with Crippen molar-refractivity contribution in [2.45, 2.75) is 45.8 Å². The van der Waals surface area contributed by atoms with Crippen molar-refractivity contribution in [3.63, 3.8) is 0 Å². The van der Waals surface area contributed by atoms with E-state index in [2.05, 4.69) is 10.3 Å². The van der Waals surface area contributed by atoms with Crippen molar-refractivity contribution in [3.8, 4) is 0 Å². The molecule has 1 saturated heterocycles. The van der Waals surface area contributed by atoms with Crippen LogP contribution in [0.3, 0.4) is 0 Å². The number of likely N-dealkylation sites (tertiary alicyclic amines) is 1. The molecule has 136 valence electrons. The van der Waals surface area contributed by atoms with Crippen LogP contribution in [0.15, 0.2) is 29.3 Å². The van der Waals surface area contributed by atoms with Crippen LogP contribution in [0.5, 0.6) is 0 Å². The smallest absolute Gasteiger partial charge is 0.410 e. The van der Waals surface area contributed by atoms with Crippen LogP contribution >= 0.6 is 0 Å². The first-order chi connectivity index (χ1) is 11.9. The number of hydrogen-bond acceptors (Lipinski definition) is 5. The van der Waals surface area contributed by atoms with Crippen LogP contribution in [0.25, 0.3) is 0 Å². The highest BCUT2D eigenvalue weighted by Crippen LogP contribution is 2.19. The number of hydrogen-bond donors (Lipinski definition) is 1. The van der Waals surface area contributed by atoms with Crippen molar-refractivity contribution >= 4 is 17.9 Å². The summed E-state index contributed by atoms with van der Waals surface area (Å²) in [7, 11) is 0. The molecule has 0 radical (unpaired) electrons. The monoisotopic (exact) mass is 345 g/mol. The Bertz CT molecular complexity index is 616. The lowest BCUT2D eigenvalue weighted by Gasteiger charge is -2.34. The van der Waals surface area contributed by atoms with Gasteiger partial charge < -0.3 is 15.0 Å². The average Bonchev–Trinajstić information content (AvgIpc) is 2.55. The van der Waals surface area contributed by atoms with Gasteiger partial charge in [-0.25, -0.2) is 9.59 Å². The molecule has 0 bridgehead atoms. The largest absolute Gasteiger partial charge is 0.444 e. The van der Waals surface area contributed by atoms with Crippen molar-refractivity contribution in [2.24, 2.45) is 10.9 Å². The van der Waals surface area contributed by atoms with Gasteiger partial charge in [0.25, 0.3) is 0 Å². The molecular weight excluding hydrogens is 318 g/mol. The summed E-state index contributed by atoms with van der Waals surface area (Å²) in [4.78, 5) is 27.8. The van der Waals surface area contributed by atoms with E-state index in [0.29, 0.717) is 11.6 Å². The number of nitrogens with one attached hydrogen (secondary N) is 1. The zero-order valence-corrected chi connectivity index (χ0v) is 15.2. The fraction of sp³-hybridized carbons (Fsp3) is 0.579. The molecule has 6 heteroatoms. The molecule has 1 aliphatic rings. The molecule has 0 spiro atoms. The molecule has 1 heterocycles. The molecule has 25 heavy (non-hydrogen) atoms. The molecule has 1 N–H and O–H groups in total. The molecule has 0 saturated carbocycles. The summed E-state index contributed by atoms with van der Waals surface area (Å²) in [5.41, 5.74) is 1.28. The van der Waals surface area contributed by atoms with E-state index in [0.717, 1.165) is 44.6 Å². The van der Waals surface area contributed by atoms with E-state index >= 15 is 0 Å². The maximum atomic E-state index is 12.2. The van der Waals surface area contributed by atoms with Crippen LogP contribution in [-0.2, 0) is 16.1 Å². The molecule has 0 aliphatic carbocycles. The van der Waals surface area contributed by atoms with E-state index in [1.165, 1.54) is 6.08 Å². The van der Waals surface area contributed by atoms with Crippen molar-refractivity contribution in [3.05, 3.63) is 29.8 Å². The van der Waals surface area contributed by atoms with E-state index in [1.807, 2.05) is 37.8 Å². The molecule has 1 amide bonds. The Balaban J connectivity index is 1.76. The zero-order chi connectivity index (χ0) is 18.3. The van der Waals surface area contributed by atoms with Crippen LogP contribution in [0.4, 0.5) is 10.5 Å². The van der Waals surface area contributed by atoms with E-state index in [-0.39, 0.29) is 6.09 Å². The second kappa shape index (κ2) is 8.79. The molecule has 1 unspecified atom stereocenters. The predicted molar refractivity (Wildman–Crippen MR) is 96.5 cm³/mol.